The fourth-order valence-electron chi connectivity index (χ4n) is 2.99. The molecular formula is C15H21Br2N. The Labute approximate surface area is 127 Å². The quantitative estimate of drug-likeness (QED) is 0.666. The highest BCUT2D eigenvalue weighted by molar-refractivity contribution is 9.10. The van der Waals surface area contributed by atoms with Gasteiger partial charge in [-0.2, -0.15) is 0 Å². The van der Waals surface area contributed by atoms with Gasteiger partial charge in [-0.05, 0) is 43.0 Å². The molecule has 2 rings (SSSR count). The molecule has 0 aliphatic heterocycles. The van der Waals surface area contributed by atoms with Crippen molar-refractivity contribution in [2.24, 2.45) is 5.41 Å². The fraction of sp³-hybridized carbons (Fsp3) is 0.600. The average Bonchev–Trinajstić information content (AvgIpc) is 2.81. The summed E-state index contributed by atoms with van der Waals surface area (Å²) in [4.78, 5) is 2.47. The van der Waals surface area contributed by atoms with Crippen molar-refractivity contribution in [1.29, 1.82) is 0 Å². The molecule has 1 aromatic rings. The van der Waals surface area contributed by atoms with Gasteiger partial charge in [0, 0.05) is 22.9 Å². The van der Waals surface area contributed by atoms with Crippen LogP contribution >= 0.6 is 31.9 Å². The minimum atomic E-state index is 0.518. The van der Waals surface area contributed by atoms with Gasteiger partial charge in [0.15, 0.2) is 0 Å². The van der Waals surface area contributed by atoms with Crippen LogP contribution in [-0.4, -0.2) is 23.8 Å². The molecule has 1 aromatic carbocycles. The number of benzene rings is 1. The van der Waals surface area contributed by atoms with Crippen LogP contribution in [-0.2, 0) is 6.54 Å². The first kappa shape index (κ1) is 14.5. The first-order valence-electron chi connectivity index (χ1n) is 6.63. The molecule has 0 atom stereocenters. The van der Waals surface area contributed by atoms with Gasteiger partial charge in [-0.25, -0.2) is 0 Å². The summed E-state index contributed by atoms with van der Waals surface area (Å²) in [5.41, 5.74) is 1.91. The van der Waals surface area contributed by atoms with Gasteiger partial charge in [-0.3, -0.25) is 0 Å². The van der Waals surface area contributed by atoms with E-state index in [9.17, 15) is 0 Å². The van der Waals surface area contributed by atoms with Crippen molar-refractivity contribution in [2.45, 2.75) is 32.2 Å². The minimum Gasteiger partial charge on any atom is -0.302 e. The molecule has 1 nitrogen and oxygen atoms in total. The van der Waals surface area contributed by atoms with Crippen LogP contribution in [0.1, 0.15) is 31.2 Å². The van der Waals surface area contributed by atoms with Crippen molar-refractivity contribution in [2.75, 3.05) is 18.9 Å². The topological polar surface area (TPSA) is 3.24 Å². The van der Waals surface area contributed by atoms with Crippen LogP contribution in [0.5, 0.6) is 0 Å². The molecule has 0 unspecified atom stereocenters. The molecule has 0 radical (unpaired) electrons. The second-order valence-corrected chi connectivity index (χ2v) is 7.12. The zero-order chi connectivity index (χ0) is 13.0. The fourth-order valence-corrected chi connectivity index (χ4v) is 3.99. The molecule has 0 aromatic heterocycles. The van der Waals surface area contributed by atoms with Gasteiger partial charge in [0.25, 0.3) is 0 Å². The molecule has 0 heterocycles. The highest BCUT2D eigenvalue weighted by atomic mass is 79.9. The Morgan fingerprint density at radius 2 is 1.78 bits per heavy atom. The summed E-state index contributed by atoms with van der Waals surface area (Å²) < 4.78 is 1.15. The highest BCUT2D eigenvalue weighted by Gasteiger charge is 2.33. The van der Waals surface area contributed by atoms with E-state index in [4.69, 9.17) is 0 Å². The van der Waals surface area contributed by atoms with Crippen LogP contribution in [0, 0.1) is 5.41 Å². The largest absolute Gasteiger partial charge is 0.302 e. The first-order valence-corrected chi connectivity index (χ1v) is 8.54. The lowest BCUT2D eigenvalue weighted by Gasteiger charge is -2.32. The van der Waals surface area contributed by atoms with E-state index in [1.165, 1.54) is 37.8 Å². The number of halogens is 2. The normalized spacial score (nSPS) is 18.4. The molecule has 0 spiro atoms. The van der Waals surface area contributed by atoms with Gasteiger partial charge in [0.2, 0.25) is 0 Å². The van der Waals surface area contributed by atoms with Crippen LogP contribution in [0.4, 0.5) is 0 Å². The van der Waals surface area contributed by atoms with E-state index in [1.807, 2.05) is 0 Å². The van der Waals surface area contributed by atoms with Gasteiger partial charge < -0.3 is 4.90 Å². The molecule has 0 N–H and O–H groups in total. The van der Waals surface area contributed by atoms with Crippen molar-refractivity contribution in [3.8, 4) is 0 Å². The maximum Gasteiger partial charge on any atom is 0.0230 e. The van der Waals surface area contributed by atoms with Gasteiger partial charge in [-0.15, -0.1) is 0 Å². The number of hydrogen-bond donors (Lipinski definition) is 0. The summed E-state index contributed by atoms with van der Waals surface area (Å²) in [6, 6.07) is 8.66. The number of alkyl halides is 1. The second-order valence-electron chi connectivity index (χ2n) is 5.64. The Bertz CT molecular complexity index is 369. The zero-order valence-corrected chi connectivity index (χ0v) is 14.1. The second kappa shape index (κ2) is 6.53. The van der Waals surface area contributed by atoms with Gasteiger partial charge in [0.1, 0.15) is 0 Å². The number of hydrogen-bond acceptors (Lipinski definition) is 1. The molecular weight excluding hydrogens is 354 g/mol. The maximum atomic E-state index is 3.72. The molecule has 0 amide bonds. The van der Waals surface area contributed by atoms with Crippen molar-refractivity contribution < 1.29 is 0 Å². The summed E-state index contributed by atoms with van der Waals surface area (Å²) in [5, 5.41) is 1.14. The average molecular weight is 375 g/mol. The third-order valence-electron chi connectivity index (χ3n) is 3.92. The van der Waals surface area contributed by atoms with Crippen LogP contribution in [0.3, 0.4) is 0 Å². The monoisotopic (exact) mass is 373 g/mol. The molecule has 100 valence electrons. The highest BCUT2D eigenvalue weighted by Crippen LogP contribution is 2.40. The van der Waals surface area contributed by atoms with Gasteiger partial charge in [0.05, 0.1) is 0 Å². The van der Waals surface area contributed by atoms with E-state index >= 15 is 0 Å². The first-order chi connectivity index (χ1) is 8.63. The zero-order valence-electron chi connectivity index (χ0n) is 11.0. The van der Waals surface area contributed by atoms with E-state index in [0.29, 0.717) is 5.41 Å². The number of rotatable bonds is 5. The SMILES string of the molecule is CN(Cc1ccc(Br)cc1)CC1(CBr)CCCC1. The predicted octanol–water partition coefficient (Wildman–Crippen LogP) is 4.84. The Balaban J connectivity index is 1.91. The third kappa shape index (κ3) is 3.82. The van der Waals surface area contributed by atoms with E-state index < -0.39 is 0 Å². The molecule has 18 heavy (non-hydrogen) atoms. The third-order valence-corrected chi connectivity index (χ3v) is 5.64. The van der Waals surface area contributed by atoms with E-state index in [2.05, 4.69) is 68.1 Å². The smallest absolute Gasteiger partial charge is 0.0230 e. The molecule has 0 bridgehead atoms. The van der Waals surface area contributed by atoms with Crippen LogP contribution < -0.4 is 0 Å². The molecule has 1 saturated carbocycles. The standard InChI is InChI=1S/C15H21Br2N/c1-18(10-13-4-6-14(17)7-5-13)12-15(11-16)8-2-3-9-15/h4-7H,2-3,8-12H2,1H3. The van der Waals surface area contributed by atoms with Gasteiger partial charge >= 0.3 is 0 Å². The Morgan fingerprint density at radius 3 is 2.33 bits per heavy atom. The summed E-state index contributed by atoms with van der Waals surface area (Å²) in [7, 11) is 2.24. The Kier molecular flexibility index (Phi) is 5.28. The molecule has 1 fully saturated rings. The Hall–Kier alpha value is 0.140. The molecule has 1 aliphatic carbocycles. The molecule has 3 heteroatoms. The van der Waals surface area contributed by atoms with Crippen molar-refractivity contribution >= 4 is 31.9 Å². The van der Waals surface area contributed by atoms with Gasteiger partial charge in [-0.1, -0.05) is 56.8 Å². The van der Waals surface area contributed by atoms with Crippen LogP contribution in [0.15, 0.2) is 28.7 Å². The summed E-state index contributed by atoms with van der Waals surface area (Å²) in [6.45, 7) is 2.25. The summed E-state index contributed by atoms with van der Waals surface area (Å²) in [5.74, 6) is 0. The van der Waals surface area contributed by atoms with Crippen molar-refractivity contribution in [3.05, 3.63) is 34.3 Å². The number of nitrogens with zero attached hydrogens (tertiary/aromatic N) is 1. The van der Waals surface area contributed by atoms with E-state index in [-0.39, 0.29) is 0 Å². The molecule has 1 aliphatic rings. The predicted molar refractivity (Wildman–Crippen MR) is 85.2 cm³/mol. The minimum absolute atomic E-state index is 0.518. The molecule has 0 saturated heterocycles. The lowest BCUT2D eigenvalue weighted by atomic mass is 9.88. The summed E-state index contributed by atoms with van der Waals surface area (Å²) >= 11 is 7.21. The van der Waals surface area contributed by atoms with E-state index in [0.717, 1.165) is 16.3 Å². The summed E-state index contributed by atoms with van der Waals surface area (Å²) in [6.07, 6.45) is 5.56. The van der Waals surface area contributed by atoms with Crippen LogP contribution in [0.2, 0.25) is 0 Å². The van der Waals surface area contributed by atoms with E-state index in [1.54, 1.807) is 0 Å². The van der Waals surface area contributed by atoms with Crippen molar-refractivity contribution in [3.63, 3.8) is 0 Å². The Morgan fingerprint density at radius 1 is 1.17 bits per heavy atom. The lowest BCUT2D eigenvalue weighted by Crippen LogP contribution is -2.34. The van der Waals surface area contributed by atoms with Crippen molar-refractivity contribution in [1.82, 2.24) is 4.90 Å². The lowest BCUT2D eigenvalue weighted by molar-refractivity contribution is 0.196. The van der Waals surface area contributed by atoms with Crippen LogP contribution in [0.25, 0.3) is 0 Å². The maximum absolute atomic E-state index is 3.72.